The van der Waals surface area contributed by atoms with E-state index in [0.717, 1.165) is 21.3 Å². The molecule has 5 heteroatoms. The van der Waals surface area contributed by atoms with E-state index in [1.807, 2.05) is 17.5 Å². The van der Waals surface area contributed by atoms with Crippen LogP contribution in [-0.2, 0) is 0 Å². The van der Waals surface area contributed by atoms with Gasteiger partial charge in [-0.2, -0.15) is 0 Å². The van der Waals surface area contributed by atoms with Gasteiger partial charge in [-0.25, -0.2) is 0 Å². The molecule has 1 unspecified atom stereocenters. The van der Waals surface area contributed by atoms with Crippen LogP contribution >= 0.6 is 11.3 Å². The lowest BCUT2D eigenvalue weighted by atomic mass is 9.82. The van der Waals surface area contributed by atoms with Crippen LogP contribution in [0.4, 0.5) is 0 Å². The normalized spacial score (nSPS) is 16.8. The second-order valence-corrected chi connectivity index (χ2v) is 8.40. The molecule has 1 aliphatic rings. The molecule has 2 heterocycles. The third kappa shape index (κ3) is 3.28. The van der Waals surface area contributed by atoms with E-state index in [4.69, 9.17) is 0 Å². The van der Waals surface area contributed by atoms with E-state index in [1.165, 1.54) is 43.4 Å². The van der Waals surface area contributed by atoms with Gasteiger partial charge in [0, 0.05) is 26.4 Å². The lowest BCUT2D eigenvalue weighted by molar-refractivity contribution is -0.481. The van der Waals surface area contributed by atoms with Crippen LogP contribution < -0.4 is 0 Å². The fraction of sp³-hybridized carbons (Fsp3) is 0.429. The summed E-state index contributed by atoms with van der Waals surface area (Å²) >= 11 is 1.62. The summed E-state index contributed by atoms with van der Waals surface area (Å²) in [7, 11) is 0. The summed E-state index contributed by atoms with van der Waals surface area (Å²) in [5.74, 6) is 0.305. The molecule has 26 heavy (non-hydrogen) atoms. The second kappa shape index (κ2) is 7.23. The van der Waals surface area contributed by atoms with Gasteiger partial charge in [0.1, 0.15) is 0 Å². The summed E-state index contributed by atoms with van der Waals surface area (Å²) in [5, 5.41) is 14.6. The Morgan fingerprint density at radius 1 is 1.27 bits per heavy atom. The number of hydrogen-bond donors (Lipinski definition) is 1. The van der Waals surface area contributed by atoms with Crippen LogP contribution in [0.5, 0.6) is 0 Å². The summed E-state index contributed by atoms with van der Waals surface area (Å²) in [6.45, 7) is 2.04. The van der Waals surface area contributed by atoms with Crippen molar-refractivity contribution >= 4 is 22.2 Å². The first-order valence-corrected chi connectivity index (χ1v) is 10.3. The summed E-state index contributed by atoms with van der Waals surface area (Å²) in [5.41, 5.74) is 4.73. The van der Waals surface area contributed by atoms with Crippen molar-refractivity contribution in [3.63, 3.8) is 0 Å². The number of thiophene rings is 1. The highest BCUT2D eigenvalue weighted by Crippen LogP contribution is 2.42. The van der Waals surface area contributed by atoms with Crippen LogP contribution in [-0.4, -0.2) is 16.5 Å². The zero-order chi connectivity index (χ0) is 18.1. The molecule has 0 spiro atoms. The summed E-state index contributed by atoms with van der Waals surface area (Å²) < 4.78 is 0. The second-order valence-electron chi connectivity index (χ2n) is 7.42. The minimum atomic E-state index is -0.182. The molecule has 1 atom stereocenters. The van der Waals surface area contributed by atoms with Gasteiger partial charge >= 0.3 is 0 Å². The topological polar surface area (TPSA) is 58.9 Å². The van der Waals surface area contributed by atoms with Gasteiger partial charge in [0.2, 0.25) is 6.54 Å². The molecule has 2 aromatic heterocycles. The predicted octanol–water partition coefficient (Wildman–Crippen LogP) is 5.99. The maximum Gasteiger partial charge on any atom is 0.215 e. The summed E-state index contributed by atoms with van der Waals surface area (Å²) in [4.78, 5) is 16.1. The van der Waals surface area contributed by atoms with Crippen molar-refractivity contribution in [2.24, 2.45) is 0 Å². The van der Waals surface area contributed by atoms with E-state index in [0.29, 0.717) is 5.92 Å². The fourth-order valence-corrected chi connectivity index (χ4v) is 5.23. The van der Waals surface area contributed by atoms with Gasteiger partial charge in [0.05, 0.1) is 5.92 Å². The van der Waals surface area contributed by atoms with Crippen LogP contribution in [0.2, 0.25) is 0 Å². The molecule has 1 fully saturated rings. The Bertz CT molecular complexity index is 908. The molecule has 1 aromatic carbocycles. The third-order valence-electron chi connectivity index (χ3n) is 5.60. The third-order valence-corrected chi connectivity index (χ3v) is 6.59. The lowest BCUT2D eigenvalue weighted by Crippen LogP contribution is -2.16. The molecule has 1 aliphatic carbocycles. The van der Waals surface area contributed by atoms with Crippen LogP contribution in [0.25, 0.3) is 10.9 Å². The number of aromatic amines is 1. The van der Waals surface area contributed by atoms with E-state index >= 15 is 0 Å². The SMILES string of the molecule is Cc1ccc2c(C(C[N+](=O)[O-])c3cccs3)c(C3CCCCC3)[nH]c2c1. The standard InChI is InChI=1S/C21H24N2O2S/c1-14-9-10-16-18(12-14)22-21(15-6-3-2-4-7-15)20(16)17(13-23(24)25)19-8-5-11-26-19/h5,8-12,15,17,22H,2-4,6-7,13H2,1H3. The number of nitrogens with zero attached hydrogens (tertiary/aromatic N) is 1. The Hall–Kier alpha value is -2.14. The average molecular weight is 369 g/mol. The molecule has 1 saturated carbocycles. The Morgan fingerprint density at radius 3 is 2.77 bits per heavy atom. The van der Waals surface area contributed by atoms with Gasteiger partial charge in [0.25, 0.3) is 0 Å². The van der Waals surface area contributed by atoms with E-state index in [-0.39, 0.29) is 17.4 Å². The van der Waals surface area contributed by atoms with Crippen molar-refractivity contribution in [3.05, 3.63) is 67.5 Å². The molecule has 136 valence electrons. The molecule has 0 radical (unpaired) electrons. The number of H-pyrrole nitrogens is 1. The van der Waals surface area contributed by atoms with Crippen molar-refractivity contribution in [2.75, 3.05) is 6.54 Å². The first kappa shape index (κ1) is 17.3. The van der Waals surface area contributed by atoms with Gasteiger partial charge in [-0.05, 0) is 54.3 Å². The number of aryl methyl sites for hydroxylation is 1. The smallest absolute Gasteiger partial charge is 0.215 e. The van der Waals surface area contributed by atoms with E-state index < -0.39 is 0 Å². The van der Waals surface area contributed by atoms with Crippen molar-refractivity contribution in [1.29, 1.82) is 0 Å². The molecule has 0 amide bonds. The van der Waals surface area contributed by atoms with Gasteiger partial charge in [0.15, 0.2) is 0 Å². The highest BCUT2D eigenvalue weighted by Gasteiger charge is 2.31. The Balaban J connectivity index is 1.90. The maximum absolute atomic E-state index is 11.5. The number of aromatic nitrogens is 1. The van der Waals surface area contributed by atoms with Crippen LogP contribution in [0.1, 0.15) is 65.6 Å². The lowest BCUT2D eigenvalue weighted by Gasteiger charge is -2.24. The number of hydrogen-bond acceptors (Lipinski definition) is 3. The maximum atomic E-state index is 11.5. The Morgan fingerprint density at radius 2 is 2.08 bits per heavy atom. The van der Waals surface area contributed by atoms with E-state index in [1.54, 1.807) is 11.3 Å². The van der Waals surface area contributed by atoms with Crippen LogP contribution in [0, 0.1) is 17.0 Å². The Kier molecular flexibility index (Phi) is 4.81. The fourth-order valence-electron chi connectivity index (χ4n) is 4.40. The zero-order valence-electron chi connectivity index (χ0n) is 15.0. The van der Waals surface area contributed by atoms with E-state index in [9.17, 15) is 10.1 Å². The van der Waals surface area contributed by atoms with Crippen LogP contribution in [0.15, 0.2) is 35.7 Å². The Labute approximate surface area is 157 Å². The van der Waals surface area contributed by atoms with Crippen molar-refractivity contribution in [1.82, 2.24) is 4.98 Å². The number of rotatable bonds is 5. The molecule has 4 rings (SSSR count). The molecule has 0 aliphatic heterocycles. The van der Waals surface area contributed by atoms with Gasteiger partial charge in [-0.15, -0.1) is 11.3 Å². The number of nitro groups is 1. The first-order chi connectivity index (χ1) is 12.6. The van der Waals surface area contributed by atoms with Crippen molar-refractivity contribution in [3.8, 4) is 0 Å². The van der Waals surface area contributed by atoms with E-state index in [2.05, 4.69) is 30.1 Å². The van der Waals surface area contributed by atoms with Gasteiger partial charge in [-0.3, -0.25) is 10.1 Å². The molecular weight excluding hydrogens is 344 g/mol. The van der Waals surface area contributed by atoms with Gasteiger partial charge < -0.3 is 4.98 Å². The molecule has 0 saturated heterocycles. The highest BCUT2D eigenvalue weighted by atomic mass is 32.1. The first-order valence-electron chi connectivity index (χ1n) is 9.41. The van der Waals surface area contributed by atoms with Gasteiger partial charge in [-0.1, -0.05) is 37.5 Å². The summed E-state index contributed by atoms with van der Waals surface area (Å²) in [6.07, 6.45) is 6.14. The molecular formula is C21H24N2O2S. The summed E-state index contributed by atoms with van der Waals surface area (Å²) in [6, 6.07) is 10.5. The quantitative estimate of drug-likeness (QED) is 0.444. The molecule has 1 N–H and O–H groups in total. The number of fused-ring (bicyclic) bond motifs is 1. The monoisotopic (exact) mass is 368 g/mol. The predicted molar refractivity (Wildman–Crippen MR) is 107 cm³/mol. The highest BCUT2D eigenvalue weighted by molar-refractivity contribution is 7.10. The minimum absolute atomic E-state index is 0.0545. The number of nitrogens with one attached hydrogen (secondary N) is 1. The number of benzene rings is 1. The van der Waals surface area contributed by atoms with Crippen molar-refractivity contribution in [2.45, 2.75) is 50.9 Å². The zero-order valence-corrected chi connectivity index (χ0v) is 15.8. The largest absolute Gasteiger partial charge is 0.358 e. The van der Waals surface area contributed by atoms with Crippen molar-refractivity contribution < 1.29 is 4.92 Å². The minimum Gasteiger partial charge on any atom is -0.358 e. The molecule has 4 nitrogen and oxygen atoms in total. The van der Waals surface area contributed by atoms with Crippen LogP contribution in [0.3, 0.4) is 0 Å². The molecule has 3 aromatic rings. The molecule has 0 bridgehead atoms. The average Bonchev–Trinajstić information content (AvgIpc) is 3.28.